The van der Waals surface area contributed by atoms with E-state index in [0.717, 1.165) is 10.9 Å². The van der Waals surface area contributed by atoms with Gasteiger partial charge in [-0.1, -0.05) is 12.8 Å². The molecule has 1 heterocycles. The van der Waals surface area contributed by atoms with E-state index in [1.165, 1.54) is 30.6 Å². The van der Waals surface area contributed by atoms with Gasteiger partial charge < -0.3 is 5.32 Å². The topological polar surface area (TPSA) is 83.6 Å². The zero-order valence-electron chi connectivity index (χ0n) is 10.9. The molecule has 20 heavy (non-hydrogen) atoms. The van der Waals surface area contributed by atoms with Crippen LogP contribution in [0.1, 0.15) is 36.3 Å². The summed E-state index contributed by atoms with van der Waals surface area (Å²) in [6, 6.07) is 7.87. The average molecular weight is 289 g/mol. The molecule has 104 valence electrons. The zero-order valence-corrected chi connectivity index (χ0v) is 11.7. The third-order valence-corrected chi connectivity index (χ3v) is 4.61. The Balaban J connectivity index is 1.59. The number of nitrogens with one attached hydrogen (secondary N) is 2. The average Bonchev–Trinajstić information content (AvgIpc) is 3.13. The molecule has 3 rings (SSSR count). The van der Waals surface area contributed by atoms with Gasteiger partial charge in [-0.15, -0.1) is 22.0 Å². The standard InChI is InChI=1S/C13H15N5OS/c19-13(12-15-17-18-16-12)14-9-5-7-11(8-6-9)20-10-3-1-2-4-10/h5-8,10H,1-4H2,(H,14,19)(H,15,16,17,18). The lowest BCUT2D eigenvalue weighted by molar-refractivity contribution is 0.101. The second-order valence-electron chi connectivity index (χ2n) is 4.74. The van der Waals surface area contributed by atoms with Gasteiger partial charge in [-0.2, -0.15) is 5.21 Å². The van der Waals surface area contributed by atoms with Gasteiger partial charge in [0.05, 0.1) is 0 Å². The van der Waals surface area contributed by atoms with E-state index in [2.05, 4.69) is 25.9 Å². The minimum Gasteiger partial charge on any atom is -0.319 e. The van der Waals surface area contributed by atoms with E-state index in [1.807, 2.05) is 36.0 Å². The number of anilines is 1. The summed E-state index contributed by atoms with van der Waals surface area (Å²) in [7, 11) is 0. The lowest BCUT2D eigenvalue weighted by Gasteiger charge is -2.09. The van der Waals surface area contributed by atoms with E-state index < -0.39 is 0 Å². The predicted octanol–water partition coefficient (Wildman–Crippen LogP) is 2.49. The van der Waals surface area contributed by atoms with Crippen LogP contribution in [-0.2, 0) is 0 Å². The van der Waals surface area contributed by atoms with Crippen LogP contribution < -0.4 is 5.32 Å². The number of benzene rings is 1. The molecule has 0 atom stereocenters. The van der Waals surface area contributed by atoms with Gasteiger partial charge in [-0.25, -0.2) is 0 Å². The van der Waals surface area contributed by atoms with Gasteiger partial charge in [0.1, 0.15) is 0 Å². The number of hydrogen-bond donors (Lipinski definition) is 2. The van der Waals surface area contributed by atoms with Crippen molar-refractivity contribution in [1.29, 1.82) is 0 Å². The maximum absolute atomic E-state index is 11.7. The number of amides is 1. The van der Waals surface area contributed by atoms with Crippen LogP contribution in [0.25, 0.3) is 0 Å². The highest BCUT2D eigenvalue weighted by molar-refractivity contribution is 8.00. The summed E-state index contributed by atoms with van der Waals surface area (Å²) in [4.78, 5) is 13.0. The molecule has 1 saturated carbocycles. The number of H-pyrrole nitrogens is 1. The summed E-state index contributed by atoms with van der Waals surface area (Å²) in [5, 5.41) is 16.4. The largest absolute Gasteiger partial charge is 0.319 e. The number of nitrogens with zero attached hydrogens (tertiary/aromatic N) is 3. The van der Waals surface area contributed by atoms with Gasteiger partial charge in [0.15, 0.2) is 0 Å². The highest BCUT2D eigenvalue weighted by atomic mass is 32.2. The molecule has 1 aliphatic rings. The first-order chi connectivity index (χ1) is 9.81. The van der Waals surface area contributed by atoms with Gasteiger partial charge in [0.25, 0.3) is 11.7 Å². The molecule has 0 saturated heterocycles. The molecule has 0 radical (unpaired) electrons. The molecule has 7 heteroatoms. The van der Waals surface area contributed by atoms with E-state index in [0.29, 0.717) is 0 Å². The molecule has 1 aromatic heterocycles. The number of carbonyl (C=O) groups is 1. The lowest BCUT2D eigenvalue weighted by Crippen LogP contribution is -2.13. The fourth-order valence-electron chi connectivity index (χ4n) is 2.26. The molecule has 0 spiro atoms. The van der Waals surface area contributed by atoms with Gasteiger partial charge in [-0.3, -0.25) is 4.79 Å². The molecule has 1 aliphatic carbocycles. The molecule has 1 amide bonds. The highest BCUT2D eigenvalue weighted by Crippen LogP contribution is 2.34. The number of tetrazole rings is 1. The minimum atomic E-state index is -0.366. The molecule has 0 unspecified atom stereocenters. The first kappa shape index (κ1) is 13.1. The molecule has 0 bridgehead atoms. The van der Waals surface area contributed by atoms with Crippen LogP contribution in [0.3, 0.4) is 0 Å². The van der Waals surface area contributed by atoms with E-state index in [9.17, 15) is 4.79 Å². The van der Waals surface area contributed by atoms with Crippen molar-refractivity contribution < 1.29 is 4.79 Å². The van der Waals surface area contributed by atoms with E-state index >= 15 is 0 Å². The fourth-order valence-corrected chi connectivity index (χ4v) is 3.51. The Morgan fingerprint density at radius 2 is 2.00 bits per heavy atom. The Bertz CT molecular complexity index is 563. The molecule has 0 aliphatic heterocycles. The number of carbonyl (C=O) groups excluding carboxylic acids is 1. The fraction of sp³-hybridized carbons (Fsp3) is 0.385. The van der Waals surface area contributed by atoms with E-state index in [-0.39, 0.29) is 11.7 Å². The van der Waals surface area contributed by atoms with Crippen molar-refractivity contribution in [2.24, 2.45) is 0 Å². The summed E-state index contributed by atoms with van der Waals surface area (Å²) in [5.74, 6) is -0.329. The van der Waals surface area contributed by atoms with Crippen molar-refractivity contribution in [3.05, 3.63) is 30.1 Å². The minimum absolute atomic E-state index is 0.0365. The summed E-state index contributed by atoms with van der Waals surface area (Å²) in [6.45, 7) is 0. The van der Waals surface area contributed by atoms with Crippen molar-refractivity contribution in [1.82, 2.24) is 20.6 Å². The molecule has 6 nitrogen and oxygen atoms in total. The van der Waals surface area contributed by atoms with Crippen molar-refractivity contribution >= 4 is 23.4 Å². The van der Waals surface area contributed by atoms with Gasteiger partial charge in [-0.05, 0) is 42.3 Å². The van der Waals surface area contributed by atoms with E-state index in [4.69, 9.17) is 0 Å². The van der Waals surface area contributed by atoms with Crippen molar-refractivity contribution in [3.63, 3.8) is 0 Å². The van der Waals surface area contributed by atoms with Gasteiger partial charge in [0.2, 0.25) is 0 Å². The molecule has 1 fully saturated rings. The van der Waals surface area contributed by atoms with Crippen LogP contribution in [0.5, 0.6) is 0 Å². The maximum Gasteiger partial charge on any atom is 0.297 e. The monoisotopic (exact) mass is 289 g/mol. The van der Waals surface area contributed by atoms with Crippen LogP contribution in [0.4, 0.5) is 5.69 Å². The van der Waals surface area contributed by atoms with Crippen molar-refractivity contribution in [2.45, 2.75) is 35.8 Å². The highest BCUT2D eigenvalue weighted by Gasteiger charge is 2.16. The Hall–Kier alpha value is -1.89. The molecule has 1 aromatic carbocycles. The van der Waals surface area contributed by atoms with Gasteiger partial charge >= 0.3 is 0 Å². The molecule has 2 N–H and O–H groups in total. The SMILES string of the molecule is O=C(Nc1ccc(SC2CCCC2)cc1)c1nn[nH]n1. The lowest BCUT2D eigenvalue weighted by atomic mass is 10.3. The molecule has 2 aromatic rings. The third-order valence-electron chi connectivity index (χ3n) is 3.27. The molecular formula is C13H15N5OS. The Kier molecular flexibility index (Phi) is 3.96. The van der Waals surface area contributed by atoms with Crippen LogP contribution in [-0.4, -0.2) is 31.8 Å². The first-order valence-electron chi connectivity index (χ1n) is 6.63. The second kappa shape index (κ2) is 6.04. The quantitative estimate of drug-likeness (QED) is 0.903. The number of rotatable bonds is 4. The smallest absolute Gasteiger partial charge is 0.297 e. The van der Waals surface area contributed by atoms with Gasteiger partial charge in [0, 0.05) is 15.8 Å². The number of hydrogen-bond acceptors (Lipinski definition) is 5. The summed E-state index contributed by atoms with van der Waals surface area (Å²) in [5.41, 5.74) is 0.732. The first-order valence-corrected chi connectivity index (χ1v) is 7.51. The van der Waals surface area contributed by atoms with Crippen molar-refractivity contribution in [2.75, 3.05) is 5.32 Å². The molecular weight excluding hydrogens is 274 g/mol. The van der Waals surface area contributed by atoms with Crippen LogP contribution in [0, 0.1) is 0 Å². The summed E-state index contributed by atoms with van der Waals surface area (Å²) < 4.78 is 0. The van der Waals surface area contributed by atoms with E-state index in [1.54, 1.807) is 0 Å². The van der Waals surface area contributed by atoms with Crippen LogP contribution >= 0.6 is 11.8 Å². The Morgan fingerprint density at radius 3 is 2.65 bits per heavy atom. The Labute approximate surface area is 120 Å². The van der Waals surface area contributed by atoms with Crippen molar-refractivity contribution in [3.8, 4) is 0 Å². The maximum atomic E-state index is 11.7. The Morgan fingerprint density at radius 1 is 1.25 bits per heavy atom. The number of aromatic nitrogens is 4. The van der Waals surface area contributed by atoms with Crippen LogP contribution in [0.15, 0.2) is 29.2 Å². The zero-order chi connectivity index (χ0) is 13.8. The number of aromatic amines is 1. The third kappa shape index (κ3) is 3.16. The number of thioether (sulfide) groups is 1. The normalized spacial score (nSPS) is 15.4. The second-order valence-corrected chi connectivity index (χ2v) is 6.11. The predicted molar refractivity (Wildman–Crippen MR) is 76.7 cm³/mol. The summed E-state index contributed by atoms with van der Waals surface area (Å²) in [6.07, 6.45) is 5.30. The summed E-state index contributed by atoms with van der Waals surface area (Å²) >= 11 is 1.92. The van der Waals surface area contributed by atoms with Crippen LogP contribution in [0.2, 0.25) is 0 Å².